The monoisotopic (exact) mass is 475 g/mol. The lowest BCUT2D eigenvalue weighted by atomic mass is 9.92. The van der Waals surface area contributed by atoms with Crippen LogP contribution in [0.15, 0.2) is 66.9 Å². The first-order valence-electron chi connectivity index (χ1n) is 11.3. The van der Waals surface area contributed by atoms with Crippen molar-refractivity contribution >= 4 is 32.7 Å². The molecule has 8 heteroatoms. The van der Waals surface area contributed by atoms with Crippen molar-refractivity contribution in [2.24, 2.45) is 0 Å². The molecule has 0 bridgehead atoms. The summed E-state index contributed by atoms with van der Waals surface area (Å²) in [7, 11) is 0. The van der Waals surface area contributed by atoms with Crippen molar-refractivity contribution < 1.29 is 19.4 Å². The minimum Gasteiger partial charge on any atom is -0.477 e. The Labute approximate surface area is 201 Å². The maximum absolute atomic E-state index is 11.1. The van der Waals surface area contributed by atoms with E-state index in [4.69, 9.17) is 19.6 Å². The molecular formula is C26H25N3O4S. The fourth-order valence-corrected chi connectivity index (χ4v) is 5.11. The number of fused-ring (bicyclic) bond motifs is 1. The third kappa shape index (κ3) is 5.35. The number of nitrogens with zero attached hydrogens (tertiary/aromatic N) is 2. The fourth-order valence-electron chi connectivity index (χ4n) is 4.16. The molecule has 2 aromatic carbocycles. The number of hydrogen-bond donors (Lipinski definition) is 2. The van der Waals surface area contributed by atoms with Crippen LogP contribution >= 0.6 is 11.3 Å². The average molecular weight is 476 g/mol. The largest absolute Gasteiger partial charge is 0.477 e. The normalized spacial score (nSPS) is 18.0. The lowest BCUT2D eigenvalue weighted by Crippen LogP contribution is -2.38. The Kier molecular flexibility index (Phi) is 6.69. The van der Waals surface area contributed by atoms with Crippen molar-refractivity contribution in [2.75, 3.05) is 5.32 Å². The number of anilines is 1. The molecule has 0 amide bonds. The smallest absolute Gasteiger partial charge is 0.354 e. The maximum Gasteiger partial charge on any atom is 0.354 e. The van der Waals surface area contributed by atoms with Crippen LogP contribution in [0.1, 0.15) is 41.7 Å². The van der Waals surface area contributed by atoms with Gasteiger partial charge in [-0.3, -0.25) is 0 Å². The van der Waals surface area contributed by atoms with E-state index in [1.807, 2.05) is 36.4 Å². The molecule has 0 aliphatic heterocycles. The predicted molar refractivity (Wildman–Crippen MR) is 132 cm³/mol. The van der Waals surface area contributed by atoms with Gasteiger partial charge < -0.3 is 19.9 Å². The van der Waals surface area contributed by atoms with Crippen LogP contribution in [0.25, 0.3) is 10.2 Å². The number of aromatic nitrogens is 2. The van der Waals surface area contributed by atoms with E-state index in [1.165, 1.54) is 30.7 Å². The number of nitrogens with one attached hydrogen (secondary N) is 1. The summed E-state index contributed by atoms with van der Waals surface area (Å²) < 4.78 is 13.1. The minimum atomic E-state index is -1.09. The summed E-state index contributed by atoms with van der Waals surface area (Å²) in [6, 6.07) is 19.2. The summed E-state index contributed by atoms with van der Waals surface area (Å²) in [6.45, 7) is 0.614. The molecule has 0 saturated heterocycles. The molecule has 7 nitrogen and oxygen atoms in total. The molecule has 1 saturated carbocycles. The topological polar surface area (TPSA) is 93.6 Å². The average Bonchev–Trinajstić information content (AvgIpc) is 3.26. The van der Waals surface area contributed by atoms with Crippen molar-refractivity contribution in [3.63, 3.8) is 0 Å². The Morgan fingerprint density at radius 2 is 1.88 bits per heavy atom. The predicted octanol–water partition coefficient (Wildman–Crippen LogP) is 6.12. The number of ether oxygens (including phenoxy) is 2. The van der Waals surface area contributed by atoms with Crippen LogP contribution in [0.2, 0.25) is 0 Å². The third-order valence-electron chi connectivity index (χ3n) is 5.86. The van der Waals surface area contributed by atoms with E-state index in [9.17, 15) is 4.79 Å². The first-order chi connectivity index (χ1) is 16.6. The summed E-state index contributed by atoms with van der Waals surface area (Å²) in [6.07, 6.45) is 6.02. The van der Waals surface area contributed by atoms with E-state index >= 15 is 0 Å². The van der Waals surface area contributed by atoms with Gasteiger partial charge >= 0.3 is 5.97 Å². The highest BCUT2D eigenvalue weighted by Crippen LogP contribution is 2.33. The van der Waals surface area contributed by atoms with Crippen molar-refractivity contribution in [3.8, 4) is 11.5 Å². The summed E-state index contributed by atoms with van der Waals surface area (Å²) >= 11 is 1.58. The van der Waals surface area contributed by atoms with E-state index in [-0.39, 0.29) is 17.8 Å². The van der Waals surface area contributed by atoms with Crippen LogP contribution in [0.4, 0.5) is 5.13 Å². The molecule has 0 unspecified atom stereocenters. The Bertz CT molecular complexity index is 1280. The number of carboxylic acids is 1. The molecule has 2 heterocycles. The van der Waals surface area contributed by atoms with Gasteiger partial charge in [-0.25, -0.2) is 14.8 Å². The zero-order valence-electron chi connectivity index (χ0n) is 18.5. The molecule has 0 radical (unpaired) electrons. The molecule has 1 aliphatic rings. The Morgan fingerprint density at radius 1 is 1.06 bits per heavy atom. The van der Waals surface area contributed by atoms with Crippen LogP contribution < -0.4 is 10.1 Å². The number of benzene rings is 2. The van der Waals surface area contributed by atoms with Gasteiger partial charge in [0.2, 0.25) is 0 Å². The summed E-state index contributed by atoms with van der Waals surface area (Å²) in [4.78, 5) is 19.7. The van der Waals surface area contributed by atoms with Crippen LogP contribution in [0.3, 0.4) is 0 Å². The van der Waals surface area contributed by atoms with E-state index in [0.717, 1.165) is 28.2 Å². The first kappa shape index (κ1) is 22.3. The molecule has 34 heavy (non-hydrogen) atoms. The van der Waals surface area contributed by atoms with Gasteiger partial charge in [0.15, 0.2) is 10.8 Å². The van der Waals surface area contributed by atoms with Crippen LogP contribution in [0, 0.1) is 0 Å². The van der Waals surface area contributed by atoms with Gasteiger partial charge in [-0.1, -0.05) is 54.5 Å². The van der Waals surface area contributed by atoms with Crippen LogP contribution in [0.5, 0.6) is 11.5 Å². The van der Waals surface area contributed by atoms with Crippen molar-refractivity contribution in [1.29, 1.82) is 0 Å². The van der Waals surface area contributed by atoms with Gasteiger partial charge in [-0.2, -0.15) is 0 Å². The maximum atomic E-state index is 11.1. The first-order valence-corrected chi connectivity index (χ1v) is 12.2. The van der Waals surface area contributed by atoms with Gasteiger partial charge in [-0.05, 0) is 36.6 Å². The molecule has 1 aliphatic carbocycles. The summed E-state index contributed by atoms with van der Waals surface area (Å²) in [5.74, 6) is -0.0463. The third-order valence-corrected chi connectivity index (χ3v) is 6.81. The summed E-state index contributed by atoms with van der Waals surface area (Å²) in [5, 5.41) is 13.6. The van der Waals surface area contributed by atoms with Crippen LogP contribution in [-0.4, -0.2) is 33.2 Å². The second kappa shape index (κ2) is 10.2. The van der Waals surface area contributed by atoms with Gasteiger partial charge in [0, 0.05) is 18.3 Å². The molecule has 5 rings (SSSR count). The molecule has 2 N–H and O–H groups in total. The SMILES string of the molecule is O=C(O)c1cc(Oc2ccc3nc(N[C@H]4CCCC[C@@H]4OCc4ccccc4)sc3c2)ccn1. The van der Waals surface area contributed by atoms with E-state index < -0.39 is 5.97 Å². The number of carboxylic acid groups (broad SMARTS) is 1. The lowest BCUT2D eigenvalue weighted by Gasteiger charge is -2.32. The Balaban J connectivity index is 1.27. The number of hydrogen-bond acceptors (Lipinski definition) is 7. The molecular weight excluding hydrogens is 450 g/mol. The number of thiazole rings is 1. The number of carbonyl (C=O) groups is 1. The number of aromatic carboxylic acids is 1. The summed E-state index contributed by atoms with van der Waals surface area (Å²) in [5.41, 5.74) is 2.02. The standard InChI is InChI=1S/C26H25N3O4S/c30-25(31)22-14-19(12-13-27-22)33-18-10-11-21-24(15-18)34-26(29-21)28-20-8-4-5-9-23(20)32-16-17-6-2-1-3-7-17/h1-3,6-7,10-15,20,23H,4-5,8-9,16H2,(H,28,29)(H,30,31)/t20-,23-/m0/s1. The van der Waals surface area contributed by atoms with Gasteiger partial charge in [0.25, 0.3) is 0 Å². The molecule has 174 valence electrons. The second-order valence-electron chi connectivity index (χ2n) is 8.30. The quantitative estimate of drug-likeness (QED) is 0.317. The van der Waals surface area contributed by atoms with Gasteiger partial charge in [-0.15, -0.1) is 0 Å². The number of pyridine rings is 1. The zero-order chi connectivity index (χ0) is 23.3. The fraction of sp³-hybridized carbons (Fsp3) is 0.269. The zero-order valence-corrected chi connectivity index (χ0v) is 19.3. The highest BCUT2D eigenvalue weighted by Gasteiger charge is 2.26. The van der Waals surface area contributed by atoms with Crippen molar-refractivity contribution in [1.82, 2.24) is 9.97 Å². The molecule has 2 atom stereocenters. The van der Waals surface area contributed by atoms with E-state index in [1.54, 1.807) is 17.4 Å². The minimum absolute atomic E-state index is 0.0561. The van der Waals surface area contributed by atoms with E-state index in [0.29, 0.717) is 18.1 Å². The number of rotatable bonds is 8. The molecule has 4 aromatic rings. The second-order valence-corrected chi connectivity index (χ2v) is 9.33. The molecule has 0 spiro atoms. The van der Waals surface area contributed by atoms with E-state index in [2.05, 4.69) is 22.4 Å². The van der Waals surface area contributed by atoms with Gasteiger partial charge in [0.1, 0.15) is 11.5 Å². The lowest BCUT2D eigenvalue weighted by molar-refractivity contribution is 0.00884. The Morgan fingerprint density at radius 3 is 2.74 bits per heavy atom. The Hall–Kier alpha value is -3.49. The highest BCUT2D eigenvalue weighted by atomic mass is 32.1. The molecule has 2 aromatic heterocycles. The van der Waals surface area contributed by atoms with Crippen LogP contribution in [-0.2, 0) is 11.3 Å². The highest BCUT2D eigenvalue weighted by molar-refractivity contribution is 7.22. The van der Waals surface area contributed by atoms with Crippen molar-refractivity contribution in [2.45, 2.75) is 44.4 Å². The van der Waals surface area contributed by atoms with Gasteiger partial charge in [0.05, 0.1) is 29.0 Å². The van der Waals surface area contributed by atoms with Crippen molar-refractivity contribution in [3.05, 3.63) is 78.1 Å². The molecule has 1 fully saturated rings.